The molecule has 106 valence electrons. The molecule has 2 aromatic rings. The van der Waals surface area contributed by atoms with Crippen LogP contribution in [0, 0.1) is 3.57 Å². The van der Waals surface area contributed by atoms with Crippen LogP contribution in [0.2, 0.25) is 0 Å². The number of rotatable bonds is 6. The maximum Gasteiger partial charge on any atom is 0.234 e. The van der Waals surface area contributed by atoms with Crippen LogP contribution in [0.3, 0.4) is 0 Å². The van der Waals surface area contributed by atoms with Gasteiger partial charge in [-0.1, -0.05) is 12.1 Å². The van der Waals surface area contributed by atoms with Gasteiger partial charge in [0.1, 0.15) is 0 Å². The zero-order valence-corrected chi connectivity index (χ0v) is 15.2. The molecule has 0 aliphatic rings. The smallest absolute Gasteiger partial charge is 0.234 e. The molecule has 6 heteroatoms. The molecule has 0 bridgehead atoms. The Morgan fingerprint density at radius 3 is 2.55 bits per heavy atom. The first-order valence-corrected chi connectivity index (χ1v) is 8.78. The van der Waals surface area contributed by atoms with Gasteiger partial charge in [-0.05, 0) is 68.3 Å². The number of hydrogen-bond acceptors (Lipinski definition) is 3. The van der Waals surface area contributed by atoms with E-state index in [4.69, 9.17) is 0 Å². The van der Waals surface area contributed by atoms with E-state index in [1.807, 2.05) is 36.4 Å². The quantitative estimate of drug-likeness (QED) is 0.642. The molecule has 0 spiro atoms. The molecule has 0 radical (unpaired) electrons. The van der Waals surface area contributed by atoms with Gasteiger partial charge in [-0.15, -0.1) is 11.3 Å². The Bertz CT molecular complexity index is 571. The van der Waals surface area contributed by atoms with E-state index in [2.05, 4.69) is 49.2 Å². The Morgan fingerprint density at radius 1 is 1.15 bits per heavy atom. The standard InChI is InChI=1S/C14H14BrIN2OS/c15-13-6-5-12(20-13)8-17-9-14(19)18-7-10-1-3-11(16)4-2-10/h1-6,17H,7-9H2,(H,18,19). The first-order chi connectivity index (χ1) is 9.63. The van der Waals surface area contributed by atoms with Gasteiger partial charge in [0.15, 0.2) is 0 Å². The molecule has 1 amide bonds. The molecule has 0 saturated heterocycles. The maximum absolute atomic E-state index is 11.7. The van der Waals surface area contributed by atoms with Crippen molar-refractivity contribution < 1.29 is 4.79 Å². The summed E-state index contributed by atoms with van der Waals surface area (Å²) in [6, 6.07) is 12.2. The first kappa shape index (κ1) is 15.9. The van der Waals surface area contributed by atoms with Gasteiger partial charge in [-0.3, -0.25) is 4.79 Å². The van der Waals surface area contributed by atoms with Crippen LogP contribution in [0.5, 0.6) is 0 Å². The van der Waals surface area contributed by atoms with Crippen LogP contribution in [0.1, 0.15) is 10.4 Å². The summed E-state index contributed by atoms with van der Waals surface area (Å²) in [5, 5.41) is 6.04. The zero-order valence-electron chi connectivity index (χ0n) is 10.7. The van der Waals surface area contributed by atoms with Gasteiger partial charge >= 0.3 is 0 Å². The van der Waals surface area contributed by atoms with Crippen molar-refractivity contribution in [3.8, 4) is 0 Å². The van der Waals surface area contributed by atoms with Crippen LogP contribution in [0.4, 0.5) is 0 Å². The molecule has 2 rings (SSSR count). The van der Waals surface area contributed by atoms with Crippen LogP contribution >= 0.6 is 49.9 Å². The summed E-state index contributed by atoms with van der Waals surface area (Å²) in [6.07, 6.45) is 0. The number of carbonyl (C=O) groups is 1. The first-order valence-electron chi connectivity index (χ1n) is 6.09. The molecule has 3 nitrogen and oxygen atoms in total. The molecule has 0 saturated carbocycles. The van der Waals surface area contributed by atoms with Gasteiger partial charge in [0.25, 0.3) is 0 Å². The van der Waals surface area contributed by atoms with E-state index in [1.165, 1.54) is 8.45 Å². The molecule has 0 atom stereocenters. The van der Waals surface area contributed by atoms with Crippen molar-refractivity contribution in [3.05, 3.63) is 54.2 Å². The van der Waals surface area contributed by atoms with Crippen molar-refractivity contribution in [2.24, 2.45) is 0 Å². The van der Waals surface area contributed by atoms with Gasteiger partial charge in [0.05, 0.1) is 10.3 Å². The lowest BCUT2D eigenvalue weighted by atomic mass is 10.2. The third kappa shape index (κ3) is 5.51. The van der Waals surface area contributed by atoms with Gasteiger partial charge in [-0.2, -0.15) is 0 Å². The Balaban J connectivity index is 1.66. The SMILES string of the molecule is O=C(CNCc1ccc(Br)s1)NCc1ccc(I)cc1. The summed E-state index contributed by atoms with van der Waals surface area (Å²) in [7, 11) is 0. The summed E-state index contributed by atoms with van der Waals surface area (Å²) >= 11 is 7.36. The van der Waals surface area contributed by atoms with Crippen molar-refractivity contribution in [3.63, 3.8) is 0 Å². The summed E-state index contributed by atoms with van der Waals surface area (Å²) in [4.78, 5) is 12.9. The lowest BCUT2D eigenvalue weighted by Crippen LogP contribution is -2.33. The summed E-state index contributed by atoms with van der Waals surface area (Å²) in [5.74, 6) is 0.0131. The summed E-state index contributed by atoms with van der Waals surface area (Å²) < 4.78 is 2.30. The van der Waals surface area contributed by atoms with Crippen LogP contribution in [0.15, 0.2) is 40.2 Å². The number of hydrogen-bond donors (Lipinski definition) is 2. The Kier molecular flexibility index (Phi) is 6.47. The van der Waals surface area contributed by atoms with E-state index in [0.717, 1.165) is 9.35 Å². The number of carbonyl (C=O) groups excluding carboxylic acids is 1. The number of amides is 1. The number of thiophene rings is 1. The average Bonchev–Trinajstić information content (AvgIpc) is 2.84. The predicted molar refractivity (Wildman–Crippen MR) is 94.7 cm³/mol. The van der Waals surface area contributed by atoms with Gasteiger partial charge in [-0.25, -0.2) is 0 Å². The fourth-order valence-corrected chi connectivity index (χ4v) is 3.42. The Hall–Kier alpha value is -0.440. The van der Waals surface area contributed by atoms with E-state index < -0.39 is 0 Å². The van der Waals surface area contributed by atoms with E-state index in [-0.39, 0.29) is 5.91 Å². The third-order valence-electron chi connectivity index (χ3n) is 2.62. The lowest BCUT2D eigenvalue weighted by Gasteiger charge is -2.06. The monoisotopic (exact) mass is 464 g/mol. The van der Waals surface area contributed by atoms with Crippen molar-refractivity contribution in [2.75, 3.05) is 6.54 Å². The minimum Gasteiger partial charge on any atom is -0.351 e. The Labute approximate surface area is 144 Å². The molecular formula is C14H14BrIN2OS. The Morgan fingerprint density at radius 2 is 1.90 bits per heavy atom. The summed E-state index contributed by atoms with van der Waals surface area (Å²) in [6.45, 7) is 1.62. The highest BCUT2D eigenvalue weighted by molar-refractivity contribution is 14.1. The number of benzene rings is 1. The highest BCUT2D eigenvalue weighted by Gasteiger charge is 2.02. The second-order valence-electron chi connectivity index (χ2n) is 4.21. The highest BCUT2D eigenvalue weighted by Crippen LogP contribution is 2.21. The molecule has 0 fully saturated rings. The molecule has 0 aliphatic carbocycles. The molecule has 0 aliphatic heterocycles. The topological polar surface area (TPSA) is 41.1 Å². The third-order valence-corrected chi connectivity index (χ3v) is 4.96. The highest BCUT2D eigenvalue weighted by atomic mass is 127. The largest absolute Gasteiger partial charge is 0.351 e. The van der Waals surface area contributed by atoms with Crippen LogP contribution in [-0.4, -0.2) is 12.5 Å². The van der Waals surface area contributed by atoms with Crippen LogP contribution in [-0.2, 0) is 17.9 Å². The van der Waals surface area contributed by atoms with Crippen molar-refractivity contribution in [1.29, 1.82) is 0 Å². The molecule has 1 aromatic carbocycles. The van der Waals surface area contributed by atoms with E-state index in [9.17, 15) is 4.79 Å². The van der Waals surface area contributed by atoms with Crippen molar-refractivity contribution in [1.82, 2.24) is 10.6 Å². The number of nitrogens with one attached hydrogen (secondary N) is 2. The van der Waals surface area contributed by atoms with E-state index in [1.54, 1.807) is 11.3 Å². The average molecular weight is 465 g/mol. The van der Waals surface area contributed by atoms with E-state index >= 15 is 0 Å². The molecule has 1 heterocycles. The fourth-order valence-electron chi connectivity index (χ4n) is 1.61. The van der Waals surface area contributed by atoms with Gasteiger partial charge in [0, 0.05) is 21.5 Å². The lowest BCUT2D eigenvalue weighted by molar-refractivity contribution is -0.120. The second kappa shape index (κ2) is 8.11. The van der Waals surface area contributed by atoms with E-state index in [0.29, 0.717) is 19.6 Å². The normalized spacial score (nSPS) is 10.5. The molecule has 1 aromatic heterocycles. The molecule has 2 N–H and O–H groups in total. The van der Waals surface area contributed by atoms with Crippen LogP contribution < -0.4 is 10.6 Å². The van der Waals surface area contributed by atoms with Crippen molar-refractivity contribution in [2.45, 2.75) is 13.1 Å². The molecule has 20 heavy (non-hydrogen) atoms. The number of halogens is 2. The minimum absolute atomic E-state index is 0.0131. The van der Waals surface area contributed by atoms with Crippen LogP contribution in [0.25, 0.3) is 0 Å². The second-order valence-corrected chi connectivity index (χ2v) is 8.01. The fraction of sp³-hybridized carbons (Fsp3) is 0.214. The van der Waals surface area contributed by atoms with Gasteiger partial charge < -0.3 is 10.6 Å². The summed E-state index contributed by atoms with van der Waals surface area (Å²) in [5.41, 5.74) is 1.11. The predicted octanol–water partition coefficient (Wildman–Crippen LogP) is 3.52. The zero-order chi connectivity index (χ0) is 14.4. The minimum atomic E-state index is 0.0131. The van der Waals surface area contributed by atoms with Crippen molar-refractivity contribution >= 4 is 55.8 Å². The molecular weight excluding hydrogens is 451 g/mol. The molecule has 0 unspecified atom stereocenters. The van der Waals surface area contributed by atoms with Gasteiger partial charge in [0.2, 0.25) is 5.91 Å². The maximum atomic E-state index is 11.7.